The Balaban J connectivity index is 1.29. The minimum atomic E-state index is -0.848. The molecule has 1 saturated heterocycles. The van der Waals surface area contributed by atoms with Crippen molar-refractivity contribution in [2.75, 3.05) is 25.0 Å². The van der Waals surface area contributed by atoms with Crippen LogP contribution in [0.3, 0.4) is 0 Å². The van der Waals surface area contributed by atoms with Crippen molar-refractivity contribution in [3.63, 3.8) is 0 Å². The fourth-order valence-electron chi connectivity index (χ4n) is 5.68. The van der Waals surface area contributed by atoms with E-state index in [0.29, 0.717) is 23.9 Å². The van der Waals surface area contributed by atoms with Gasteiger partial charge < -0.3 is 20.4 Å². The number of morpholine rings is 1. The Hall–Kier alpha value is -2.97. The van der Waals surface area contributed by atoms with Crippen LogP contribution in [0, 0.1) is 0 Å². The van der Waals surface area contributed by atoms with Crippen molar-refractivity contribution in [1.82, 2.24) is 20.2 Å². The number of aromatic nitrogens is 2. The smallest absolute Gasteiger partial charge is 0.247 e. The Morgan fingerprint density at radius 3 is 2.94 bits per heavy atom. The zero-order valence-electron chi connectivity index (χ0n) is 20.5. The molecule has 2 aromatic heterocycles. The third-order valence-corrected chi connectivity index (χ3v) is 8.18. The number of hydrogen-bond acceptors (Lipinski definition) is 5. The maximum Gasteiger partial charge on any atom is 0.247 e. The minimum absolute atomic E-state index is 0.105. The highest BCUT2D eigenvalue weighted by atomic mass is 35.5. The lowest BCUT2D eigenvalue weighted by Gasteiger charge is -2.48. The van der Waals surface area contributed by atoms with Gasteiger partial charge in [-0.05, 0) is 49.6 Å². The van der Waals surface area contributed by atoms with E-state index in [9.17, 15) is 4.79 Å². The zero-order valence-corrected chi connectivity index (χ0v) is 21.2. The number of hydrogen-bond donors (Lipinski definition) is 3. The van der Waals surface area contributed by atoms with Crippen molar-refractivity contribution in [3.05, 3.63) is 71.0 Å². The minimum Gasteiger partial charge on any atom is -0.375 e. The first-order chi connectivity index (χ1) is 17.4. The Kier molecular flexibility index (Phi) is 5.96. The van der Waals surface area contributed by atoms with Crippen LogP contribution in [-0.4, -0.2) is 58.2 Å². The quantitative estimate of drug-likeness (QED) is 0.382. The summed E-state index contributed by atoms with van der Waals surface area (Å²) < 4.78 is 6.02. The van der Waals surface area contributed by atoms with Gasteiger partial charge in [-0.15, -0.1) is 0 Å². The molecule has 7 nitrogen and oxygen atoms in total. The zero-order chi connectivity index (χ0) is 24.9. The molecule has 1 amide bonds. The summed E-state index contributed by atoms with van der Waals surface area (Å²) in [5.41, 5.74) is 4.27. The van der Waals surface area contributed by atoms with Gasteiger partial charge in [-0.3, -0.25) is 14.7 Å². The number of halogens is 1. The van der Waals surface area contributed by atoms with Crippen LogP contribution in [0.2, 0.25) is 5.02 Å². The van der Waals surface area contributed by atoms with Crippen molar-refractivity contribution in [2.45, 2.75) is 44.5 Å². The second-order valence-electron chi connectivity index (χ2n) is 10.0. The highest BCUT2D eigenvalue weighted by Crippen LogP contribution is 2.35. The normalized spacial score (nSPS) is 24.6. The summed E-state index contributed by atoms with van der Waals surface area (Å²) in [6.07, 6.45) is 4.21. The molecule has 2 aliphatic heterocycles. The van der Waals surface area contributed by atoms with E-state index < -0.39 is 5.54 Å². The molecule has 6 rings (SSSR count). The number of carbonyl (C=O) groups excluding carboxylic acids is 1. The average Bonchev–Trinajstić information content (AvgIpc) is 3.25. The first-order valence-electron chi connectivity index (χ1n) is 12.5. The lowest BCUT2D eigenvalue weighted by molar-refractivity contribution is -0.152. The number of H-pyrrole nitrogens is 1. The molecule has 3 unspecified atom stereocenters. The molecule has 2 aromatic carbocycles. The van der Waals surface area contributed by atoms with Gasteiger partial charge in [-0.2, -0.15) is 0 Å². The number of amides is 1. The molecule has 186 valence electrons. The summed E-state index contributed by atoms with van der Waals surface area (Å²) in [5, 5.41) is 9.40. The van der Waals surface area contributed by atoms with E-state index in [1.807, 2.05) is 26.0 Å². The summed E-state index contributed by atoms with van der Waals surface area (Å²) in [6, 6.07) is 14.5. The van der Waals surface area contributed by atoms with Crippen LogP contribution in [0.25, 0.3) is 21.8 Å². The van der Waals surface area contributed by atoms with Gasteiger partial charge >= 0.3 is 0 Å². The SMILES string of the molecule is CC1OCCN(CC2Cc3ccccc3CN2)C1(C)C(=O)Nc1cc(Cl)cc2c1[nH]c1cnccc12. The standard InChI is InChI=1S/C28H30ClN5O2/c1-17-28(2,34(9-10-36-17)16-21-11-18-5-3-4-6-19(18)14-31-21)27(35)33-24-13-20(29)12-23-22-7-8-30-15-25(22)32-26(23)24/h3-8,12-13,15,17,21,31-32H,9-11,14,16H2,1-2H3,(H,33,35). The van der Waals surface area contributed by atoms with E-state index >= 15 is 0 Å². The Bertz CT molecular complexity index is 1450. The van der Waals surface area contributed by atoms with Crippen molar-refractivity contribution in [2.24, 2.45) is 0 Å². The van der Waals surface area contributed by atoms with Crippen LogP contribution in [0.5, 0.6) is 0 Å². The maximum atomic E-state index is 14.0. The van der Waals surface area contributed by atoms with Crippen LogP contribution in [0.4, 0.5) is 5.69 Å². The largest absolute Gasteiger partial charge is 0.375 e. The molecule has 0 radical (unpaired) electrons. The van der Waals surface area contributed by atoms with Crippen LogP contribution >= 0.6 is 11.6 Å². The number of anilines is 1. The highest BCUT2D eigenvalue weighted by Gasteiger charge is 2.48. The third-order valence-electron chi connectivity index (χ3n) is 7.97. The number of benzene rings is 2. The molecule has 4 aromatic rings. The second-order valence-corrected chi connectivity index (χ2v) is 10.5. The molecule has 3 N–H and O–H groups in total. The topological polar surface area (TPSA) is 82.3 Å². The predicted octanol–water partition coefficient (Wildman–Crippen LogP) is 4.50. The van der Waals surface area contributed by atoms with E-state index in [0.717, 1.165) is 41.3 Å². The van der Waals surface area contributed by atoms with Crippen LogP contribution in [0.1, 0.15) is 25.0 Å². The van der Waals surface area contributed by atoms with Crippen LogP contribution in [0.15, 0.2) is 54.9 Å². The number of pyridine rings is 1. The van der Waals surface area contributed by atoms with Crippen molar-refractivity contribution < 1.29 is 9.53 Å². The van der Waals surface area contributed by atoms with E-state index in [2.05, 4.69) is 49.8 Å². The Morgan fingerprint density at radius 1 is 1.25 bits per heavy atom. The molecule has 3 atom stereocenters. The first-order valence-corrected chi connectivity index (χ1v) is 12.8. The molecule has 36 heavy (non-hydrogen) atoms. The van der Waals surface area contributed by atoms with E-state index in [-0.39, 0.29) is 18.1 Å². The summed E-state index contributed by atoms with van der Waals surface area (Å²) in [6.45, 7) is 6.87. The summed E-state index contributed by atoms with van der Waals surface area (Å²) in [5.74, 6) is -0.105. The van der Waals surface area contributed by atoms with Gasteiger partial charge in [0.25, 0.3) is 0 Å². The van der Waals surface area contributed by atoms with Crippen molar-refractivity contribution in [1.29, 1.82) is 0 Å². The number of ether oxygens (including phenoxy) is 1. The van der Waals surface area contributed by atoms with Crippen LogP contribution < -0.4 is 10.6 Å². The first kappa shape index (κ1) is 23.4. The fourth-order valence-corrected chi connectivity index (χ4v) is 5.90. The number of nitrogens with one attached hydrogen (secondary N) is 3. The molecule has 0 saturated carbocycles. The lowest BCUT2D eigenvalue weighted by atomic mass is 9.88. The molecule has 1 fully saturated rings. The number of nitrogens with zero attached hydrogens (tertiary/aromatic N) is 2. The van der Waals surface area contributed by atoms with Gasteiger partial charge in [0.1, 0.15) is 5.54 Å². The summed E-state index contributed by atoms with van der Waals surface area (Å²) >= 11 is 6.49. The number of rotatable bonds is 4. The number of aromatic amines is 1. The average molecular weight is 504 g/mol. The van der Waals surface area contributed by atoms with E-state index in [1.165, 1.54) is 11.1 Å². The fraction of sp³-hybridized carbons (Fsp3) is 0.357. The van der Waals surface area contributed by atoms with E-state index in [1.54, 1.807) is 18.5 Å². The molecule has 0 bridgehead atoms. The van der Waals surface area contributed by atoms with Crippen molar-refractivity contribution >= 4 is 45.0 Å². The maximum absolute atomic E-state index is 14.0. The number of carbonyl (C=O) groups is 1. The molecular formula is C28H30ClN5O2. The van der Waals surface area contributed by atoms with E-state index in [4.69, 9.17) is 16.3 Å². The van der Waals surface area contributed by atoms with Gasteiger partial charge in [-0.1, -0.05) is 35.9 Å². The van der Waals surface area contributed by atoms with Gasteiger partial charge in [0, 0.05) is 47.7 Å². The summed E-state index contributed by atoms with van der Waals surface area (Å²) in [7, 11) is 0. The van der Waals surface area contributed by atoms with Gasteiger partial charge in [0.05, 0.1) is 35.6 Å². The van der Waals surface area contributed by atoms with Gasteiger partial charge in [0.15, 0.2) is 0 Å². The van der Waals surface area contributed by atoms with Crippen LogP contribution in [-0.2, 0) is 22.5 Å². The molecular weight excluding hydrogens is 474 g/mol. The van der Waals surface area contributed by atoms with Gasteiger partial charge in [0.2, 0.25) is 5.91 Å². The molecule has 4 heterocycles. The monoisotopic (exact) mass is 503 g/mol. The predicted molar refractivity (Wildman–Crippen MR) is 143 cm³/mol. The molecule has 0 spiro atoms. The highest BCUT2D eigenvalue weighted by molar-refractivity contribution is 6.33. The van der Waals surface area contributed by atoms with Gasteiger partial charge in [-0.25, -0.2) is 0 Å². The Morgan fingerprint density at radius 2 is 2.08 bits per heavy atom. The third kappa shape index (κ3) is 3.96. The summed E-state index contributed by atoms with van der Waals surface area (Å²) in [4.78, 5) is 23.9. The molecule has 8 heteroatoms. The number of fused-ring (bicyclic) bond motifs is 4. The molecule has 2 aliphatic rings. The van der Waals surface area contributed by atoms with Crippen molar-refractivity contribution in [3.8, 4) is 0 Å². The molecule has 0 aliphatic carbocycles. The Labute approximate surface area is 215 Å². The second kappa shape index (κ2) is 9.16. The lowest BCUT2D eigenvalue weighted by Crippen LogP contribution is -2.67.